The summed E-state index contributed by atoms with van der Waals surface area (Å²) < 4.78 is 1.84. The summed E-state index contributed by atoms with van der Waals surface area (Å²) in [4.78, 5) is 13.4. The van der Waals surface area contributed by atoms with E-state index in [1.54, 1.807) is 6.33 Å². The zero-order valence-electron chi connectivity index (χ0n) is 14.4. The molecule has 0 aliphatic heterocycles. The molecule has 0 radical (unpaired) electrons. The Hall–Kier alpha value is -2.87. The molecule has 0 aliphatic rings. The number of fused-ring (bicyclic) bond motifs is 1. The SMILES string of the molecule is CCC(CO)Nc1nc(NCc2ccccc2N)c2ncn(C)c2n1. The van der Waals surface area contributed by atoms with E-state index in [0.717, 1.165) is 17.7 Å². The molecule has 3 aromatic rings. The molecule has 0 spiro atoms. The van der Waals surface area contributed by atoms with Crippen molar-refractivity contribution in [3.63, 3.8) is 0 Å². The van der Waals surface area contributed by atoms with Gasteiger partial charge in [0.25, 0.3) is 0 Å². The first-order valence-corrected chi connectivity index (χ1v) is 8.26. The van der Waals surface area contributed by atoms with E-state index in [1.165, 1.54) is 0 Å². The van der Waals surface area contributed by atoms with Crippen LogP contribution in [0.2, 0.25) is 0 Å². The zero-order chi connectivity index (χ0) is 17.8. The average Bonchev–Trinajstić information content (AvgIpc) is 3.00. The number of para-hydroxylation sites is 1. The van der Waals surface area contributed by atoms with Crippen LogP contribution in [0.3, 0.4) is 0 Å². The Morgan fingerprint density at radius 1 is 1.28 bits per heavy atom. The van der Waals surface area contributed by atoms with Crippen LogP contribution in [0.4, 0.5) is 17.5 Å². The third-order valence-electron chi connectivity index (χ3n) is 4.11. The summed E-state index contributed by atoms with van der Waals surface area (Å²) in [7, 11) is 1.88. The van der Waals surface area contributed by atoms with Gasteiger partial charge in [0, 0.05) is 19.3 Å². The topological polar surface area (TPSA) is 114 Å². The molecule has 8 nitrogen and oxygen atoms in total. The lowest BCUT2D eigenvalue weighted by atomic mass is 10.2. The van der Waals surface area contributed by atoms with Gasteiger partial charge in [-0.2, -0.15) is 9.97 Å². The minimum atomic E-state index is -0.0942. The molecule has 0 saturated heterocycles. The van der Waals surface area contributed by atoms with Crippen LogP contribution in [-0.2, 0) is 13.6 Å². The van der Waals surface area contributed by atoms with E-state index in [2.05, 4.69) is 25.6 Å². The van der Waals surface area contributed by atoms with E-state index < -0.39 is 0 Å². The van der Waals surface area contributed by atoms with E-state index in [0.29, 0.717) is 29.5 Å². The Kier molecular flexibility index (Phi) is 4.99. The Morgan fingerprint density at radius 2 is 2.08 bits per heavy atom. The maximum atomic E-state index is 9.40. The number of nitrogen functional groups attached to an aromatic ring is 1. The van der Waals surface area contributed by atoms with Gasteiger partial charge in [0.1, 0.15) is 0 Å². The molecule has 1 aromatic carbocycles. The normalized spacial score (nSPS) is 12.3. The number of aryl methyl sites for hydroxylation is 1. The average molecular weight is 341 g/mol. The smallest absolute Gasteiger partial charge is 0.227 e. The van der Waals surface area contributed by atoms with Crippen LogP contribution in [0.5, 0.6) is 0 Å². The van der Waals surface area contributed by atoms with E-state index >= 15 is 0 Å². The summed E-state index contributed by atoms with van der Waals surface area (Å²) in [5.74, 6) is 1.09. The van der Waals surface area contributed by atoms with Crippen molar-refractivity contribution in [3.05, 3.63) is 36.2 Å². The van der Waals surface area contributed by atoms with Gasteiger partial charge in [-0.25, -0.2) is 4.98 Å². The first-order valence-electron chi connectivity index (χ1n) is 8.26. The fraction of sp³-hybridized carbons (Fsp3) is 0.353. The lowest BCUT2D eigenvalue weighted by Gasteiger charge is -2.15. The number of anilines is 3. The number of nitrogens with zero attached hydrogens (tertiary/aromatic N) is 4. The number of hydrogen-bond donors (Lipinski definition) is 4. The third-order valence-corrected chi connectivity index (χ3v) is 4.11. The molecule has 0 saturated carbocycles. The summed E-state index contributed by atoms with van der Waals surface area (Å²) in [6.07, 6.45) is 2.47. The fourth-order valence-corrected chi connectivity index (χ4v) is 2.53. The van der Waals surface area contributed by atoms with Crippen LogP contribution in [0, 0.1) is 0 Å². The van der Waals surface area contributed by atoms with Gasteiger partial charge in [0.15, 0.2) is 17.0 Å². The Bertz CT molecular complexity index is 857. The molecule has 132 valence electrons. The van der Waals surface area contributed by atoms with Gasteiger partial charge < -0.3 is 26.0 Å². The lowest BCUT2D eigenvalue weighted by Crippen LogP contribution is -2.24. The summed E-state index contributed by atoms with van der Waals surface area (Å²) in [6.45, 7) is 2.55. The van der Waals surface area contributed by atoms with Crippen LogP contribution in [-0.4, -0.2) is 37.3 Å². The van der Waals surface area contributed by atoms with Crippen LogP contribution in [0.1, 0.15) is 18.9 Å². The second kappa shape index (κ2) is 7.35. The molecule has 2 heterocycles. The van der Waals surface area contributed by atoms with Gasteiger partial charge >= 0.3 is 0 Å². The van der Waals surface area contributed by atoms with Crippen molar-refractivity contribution < 1.29 is 5.11 Å². The zero-order valence-corrected chi connectivity index (χ0v) is 14.4. The summed E-state index contributed by atoms with van der Waals surface area (Å²) in [5, 5.41) is 15.9. The van der Waals surface area contributed by atoms with Crippen molar-refractivity contribution in [3.8, 4) is 0 Å². The van der Waals surface area contributed by atoms with Gasteiger partial charge in [-0.3, -0.25) is 0 Å². The first-order chi connectivity index (χ1) is 12.1. The molecule has 8 heteroatoms. The van der Waals surface area contributed by atoms with Crippen molar-refractivity contribution in [2.75, 3.05) is 23.0 Å². The second-order valence-electron chi connectivity index (χ2n) is 5.91. The fourth-order valence-electron chi connectivity index (χ4n) is 2.53. The van der Waals surface area contributed by atoms with Crippen molar-refractivity contribution >= 4 is 28.6 Å². The number of nitrogens with two attached hydrogens (primary N) is 1. The monoisotopic (exact) mass is 341 g/mol. The van der Waals surface area contributed by atoms with Gasteiger partial charge in [-0.15, -0.1) is 0 Å². The largest absolute Gasteiger partial charge is 0.398 e. The van der Waals surface area contributed by atoms with Crippen LogP contribution < -0.4 is 16.4 Å². The molecule has 5 N–H and O–H groups in total. The van der Waals surface area contributed by atoms with E-state index in [-0.39, 0.29) is 12.6 Å². The maximum absolute atomic E-state index is 9.40. The lowest BCUT2D eigenvalue weighted by molar-refractivity contribution is 0.271. The van der Waals surface area contributed by atoms with Crippen molar-refractivity contribution in [1.82, 2.24) is 19.5 Å². The Morgan fingerprint density at radius 3 is 2.80 bits per heavy atom. The molecule has 1 unspecified atom stereocenters. The van der Waals surface area contributed by atoms with E-state index in [9.17, 15) is 5.11 Å². The van der Waals surface area contributed by atoms with Crippen LogP contribution >= 0.6 is 0 Å². The summed E-state index contributed by atoms with van der Waals surface area (Å²) in [6, 6.07) is 7.60. The molecular formula is C17H23N7O. The summed E-state index contributed by atoms with van der Waals surface area (Å²) in [5.41, 5.74) is 9.13. The number of benzene rings is 1. The van der Waals surface area contributed by atoms with Gasteiger partial charge in [0.2, 0.25) is 5.95 Å². The molecule has 1 atom stereocenters. The molecule has 0 amide bonds. The van der Waals surface area contributed by atoms with Gasteiger partial charge in [-0.1, -0.05) is 25.1 Å². The quantitative estimate of drug-likeness (QED) is 0.484. The highest BCUT2D eigenvalue weighted by Crippen LogP contribution is 2.22. The number of aliphatic hydroxyl groups excluding tert-OH is 1. The van der Waals surface area contributed by atoms with Crippen molar-refractivity contribution in [2.45, 2.75) is 25.9 Å². The highest BCUT2D eigenvalue weighted by atomic mass is 16.3. The Balaban J connectivity index is 1.91. The van der Waals surface area contributed by atoms with Crippen molar-refractivity contribution in [1.29, 1.82) is 0 Å². The molecular weight excluding hydrogens is 318 g/mol. The maximum Gasteiger partial charge on any atom is 0.227 e. The van der Waals surface area contributed by atoms with E-state index in [1.807, 2.05) is 42.8 Å². The Labute approximate surface area is 146 Å². The number of rotatable bonds is 7. The predicted octanol–water partition coefficient (Wildman–Crippen LogP) is 1.74. The number of imidazole rings is 1. The molecule has 3 rings (SSSR count). The molecule has 0 bridgehead atoms. The summed E-state index contributed by atoms with van der Waals surface area (Å²) >= 11 is 0. The second-order valence-corrected chi connectivity index (χ2v) is 5.91. The van der Waals surface area contributed by atoms with Crippen LogP contribution in [0.15, 0.2) is 30.6 Å². The molecule has 2 aromatic heterocycles. The van der Waals surface area contributed by atoms with E-state index in [4.69, 9.17) is 5.73 Å². The highest BCUT2D eigenvalue weighted by Gasteiger charge is 2.14. The standard InChI is InChI=1S/C17H23N7O/c1-3-12(9-25)21-17-22-15(14-16(23-17)24(2)10-20-14)19-8-11-6-4-5-7-13(11)18/h4-7,10,12,25H,3,8-9,18H2,1-2H3,(H2,19,21,22,23). The third kappa shape index (κ3) is 3.63. The molecule has 0 fully saturated rings. The number of aliphatic hydroxyl groups is 1. The first kappa shape index (κ1) is 17.0. The number of hydrogen-bond acceptors (Lipinski definition) is 7. The molecule has 0 aliphatic carbocycles. The minimum Gasteiger partial charge on any atom is -0.398 e. The van der Waals surface area contributed by atoms with Gasteiger partial charge in [0.05, 0.1) is 19.0 Å². The van der Waals surface area contributed by atoms with Crippen LogP contribution in [0.25, 0.3) is 11.2 Å². The minimum absolute atomic E-state index is 0.0204. The predicted molar refractivity (Wildman–Crippen MR) is 99.3 cm³/mol. The highest BCUT2D eigenvalue weighted by molar-refractivity contribution is 5.84. The molecule has 25 heavy (non-hydrogen) atoms. The van der Waals surface area contributed by atoms with Crippen molar-refractivity contribution in [2.24, 2.45) is 7.05 Å². The number of aromatic nitrogens is 4. The van der Waals surface area contributed by atoms with Gasteiger partial charge in [-0.05, 0) is 18.1 Å². The number of nitrogens with one attached hydrogen (secondary N) is 2.